The fourth-order valence-corrected chi connectivity index (χ4v) is 3.35. The van der Waals surface area contributed by atoms with Crippen LogP contribution >= 0.6 is 0 Å². The number of methoxy groups -OCH3 is 1. The molecular formula is C22H19N3O3. The molecule has 28 heavy (non-hydrogen) atoms. The SMILES string of the molecule is COc1ccccc1C(=O)Nc1ccc2c(c1)N(C(=O)c1ccncc1)CC2. The van der Waals surface area contributed by atoms with Crippen molar-refractivity contribution in [2.45, 2.75) is 6.42 Å². The Morgan fingerprint density at radius 3 is 2.64 bits per heavy atom. The Morgan fingerprint density at radius 2 is 1.86 bits per heavy atom. The summed E-state index contributed by atoms with van der Waals surface area (Å²) in [5.41, 5.74) is 3.57. The van der Waals surface area contributed by atoms with Crippen LogP contribution in [-0.2, 0) is 6.42 Å². The highest BCUT2D eigenvalue weighted by Crippen LogP contribution is 2.32. The summed E-state index contributed by atoms with van der Waals surface area (Å²) in [6.45, 7) is 0.612. The quantitative estimate of drug-likeness (QED) is 0.759. The van der Waals surface area contributed by atoms with E-state index in [1.54, 1.807) is 47.6 Å². The van der Waals surface area contributed by atoms with Crippen molar-refractivity contribution < 1.29 is 14.3 Å². The van der Waals surface area contributed by atoms with E-state index in [-0.39, 0.29) is 11.8 Å². The molecule has 1 aliphatic rings. The molecule has 2 heterocycles. The van der Waals surface area contributed by atoms with Crippen LogP contribution < -0.4 is 15.0 Å². The number of hydrogen-bond acceptors (Lipinski definition) is 4. The van der Waals surface area contributed by atoms with Gasteiger partial charge in [-0.15, -0.1) is 0 Å². The van der Waals surface area contributed by atoms with Crippen molar-refractivity contribution in [3.63, 3.8) is 0 Å². The lowest BCUT2D eigenvalue weighted by Gasteiger charge is -2.18. The molecule has 1 aliphatic heterocycles. The van der Waals surface area contributed by atoms with Gasteiger partial charge in [-0.25, -0.2) is 0 Å². The average Bonchev–Trinajstić information content (AvgIpc) is 3.17. The minimum absolute atomic E-state index is 0.0747. The third kappa shape index (κ3) is 3.32. The van der Waals surface area contributed by atoms with E-state index in [4.69, 9.17) is 4.74 Å². The van der Waals surface area contributed by atoms with E-state index in [0.717, 1.165) is 17.7 Å². The van der Waals surface area contributed by atoms with E-state index in [1.807, 2.05) is 24.3 Å². The zero-order valence-electron chi connectivity index (χ0n) is 15.4. The molecule has 6 nitrogen and oxygen atoms in total. The summed E-state index contributed by atoms with van der Waals surface area (Å²) in [6.07, 6.45) is 4.00. The van der Waals surface area contributed by atoms with Gasteiger partial charge in [-0.1, -0.05) is 18.2 Å². The maximum Gasteiger partial charge on any atom is 0.259 e. The molecule has 0 bridgehead atoms. The number of para-hydroxylation sites is 1. The third-order valence-corrected chi connectivity index (χ3v) is 4.76. The summed E-state index contributed by atoms with van der Waals surface area (Å²) in [4.78, 5) is 31.2. The predicted octanol–water partition coefficient (Wildman–Crippen LogP) is 3.55. The first kappa shape index (κ1) is 17.7. The Kier molecular flexibility index (Phi) is 4.76. The molecule has 0 saturated carbocycles. The highest BCUT2D eigenvalue weighted by Gasteiger charge is 2.26. The van der Waals surface area contributed by atoms with Crippen LogP contribution in [0.4, 0.5) is 11.4 Å². The van der Waals surface area contributed by atoms with E-state index in [2.05, 4.69) is 10.3 Å². The number of benzene rings is 2. The lowest BCUT2D eigenvalue weighted by atomic mass is 10.1. The van der Waals surface area contributed by atoms with Gasteiger partial charge in [-0.2, -0.15) is 0 Å². The number of nitrogens with zero attached hydrogens (tertiary/aromatic N) is 2. The van der Waals surface area contributed by atoms with Crippen molar-refractivity contribution in [1.82, 2.24) is 4.98 Å². The molecule has 0 spiro atoms. The third-order valence-electron chi connectivity index (χ3n) is 4.76. The highest BCUT2D eigenvalue weighted by atomic mass is 16.5. The van der Waals surface area contributed by atoms with Crippen molar-refractivity contribution in [1.29, 1.82) is 0 Å². The van der Waals surface area contributed by atoms with Gasteiger partial charge >= 0.3 is 0 Å². The predicted molar refractivity (Wildman–Crippen MR) is 107 cm³/mol. The fourth-order valence-electron chi connectivity index (χ4n) is 3.35. The van der Waals surface area contributed by atoms with Crippen molar-refractivity contribution in [2.75, 3.05) is 23.9 Å². The topological polar surface area (TPSA) is 71.5 Å². The summed E-state index contributed by atoms with van der Waals surface area (Å²) in [5, 5.41) is 2.89. The van der Waals surface area contributed by atoms with Crippen molar-refractivity contribution in [3.8, 4) is 5.75 Å². The molecule has 140 valence electrons. The van der Waals surface area contributed by atoms with Gasteiger partial charge < -0.3 is 15.0 Å². The zero-order valence-corrected chi connectivity index (χ0v) is 15.4. The van der Waals surface area contributed by atoms with Gasteiger partial charge in [0.15, 0.2) is 0 Å². The minimum Gasteiger partial charge on any atom is -0.496 e. The van der Waals surface area contributed by atoms with Crippen LogP contribution in [0, 0.1) is 0 Å². The first-order valence-corrected chi connectivity index (χ1v) is 8.96. The van der Waals surface area contributed by atoms with Crippen LogP contribution in [-0.4, -0.2) is 30.5 Å². The Bertz CT molecular complexity index is 1030. The van der Waals surface area contributed by atoms with E-state index >= 15 is 0 Å². The number of pyridine rings is 1. The van der Waals surface area contributed by atoms with Crippen LogP contribution in [0.3, 0.4) is 0 Å². The number of nitrogens with one attached hydrogen (secondary N) is 1. The monoisotopic (exact) mass is 373 g/mol. The number of fused-ring (bicyclic) bond motifs is 1. The Morgan fingerprint density at radius 1 is 1.07 bits per heavy atom. The molecule has 2 amide bonds. The molecule has 0 radical (unpaired) electrons. The van der Waals surface area contributed by atoms with Crippen LogP contribution in [0.25, 0.3) is 0 Å². The number of anilines is 2. The van der Waals surface area contributed by atoms with Gasteiger partial charge in [-0.3, -0.25) is 14.6 Å². The smallest absolute Gasteiger partial charge is 0.259 e. The first-order valence-electron chi connectivity index (χ1n) is 8.96. The second kappa shape index (κ2) is 7.52. The summed E-state index contributed by atoms with van der Waals surface area (Å²) >= 11 is 0. The lowest BCUT2D eigenvalue weighted by Crippen LogP contribution is -2.28. The molecule has 3 aromatic rings. The second-order valence-electron chi connectivity index (χ2n) is 6.44. The van der Waals surface area contributed by atoms with Gasteiger partial charge in [0.2, 0.25) is 0 Å². The summed E-state index contributed by atoms with van der Waals surface area (Å²) < 4.78 is 5.26. The van der Waals surface area contributed by atoms with Crippen LogP contribution in [0.5, 0.6) is 5.75 Å². The fraction of sp³-hybridized carbons (Fsp3) is 0.136. The summed E-state index contributed by atoms with van der Waals surface area (Å²) in [5.74, 6) is 0.174. The number of carbonyl (C=O) groups excluding carboxylic acids is 2. The number of hydrogen-bond donors (Lipinski definition) is 1. The maximum atomic E-state index is 12.8. The average molecular weight is 373 g/mol. The Labute approximate surface area is 162 Å². The van der Waals surface area contributed by atoms with Crippen LogP contribution in [0.2, 0.25) is 0 Å². The molecule has 0 aliphatic carbocycles. The molecule has 0 unspecified atom stereocenters. The van der Waals surface area contributed by atoms with Gasteiger partial charge in [-0.05, 0) is 48.4 Å². The number of aromatic nitrogens is 1. The largest absolute Gasteiger partial charge is 0.496 e. The first-order chi connectivity index (χ1) is 13.7. The summed E-state index contributed by atoms with van der Waals surface area (Å²) in [7, 11) is 1.53. The second-order valence-corrected chi connectivity index (χ2v) is 6.44. The molecule has 0 saturated heterocycles. The molecular weight excluding hydrogens is 354 g/mol. The highest BCUT2D eigenvalue weighted by molar-refractivity contribution is 6.09. The number of amides is 2. The van der Waals surface area contributed by atoms with Gasteiger partial charge in [0.1, 0.15) is 5.75 Å². The molecule has 1 aromatic heterocycles. The molecule has 6 heteroatoms. The number of rotatable bonds is 4. The number of ether oxygens (including phenoxy) is 1. The van der Waals surface area contributed by atoms with Crippen molar-refractivity contribution >= 4 is 23.2 Å². The minimum atomic E-state index is -0.262. The Hall–Kier alpha value is -3.67. The summed E-state index contributed by atoms with van der Waals surface area (Å²) in [6, 6.07) is 16.1. The molecule has 1 N–H and O–H groups in total. The van der Waals surface area contributed by atoms with Crippen LogP contribution in [0.1, 0.15) is 26.3 Å². The van der Waals surface area contributed by atoms with E-state index in [0.29, 0.717) is 29.1 Å². The maximum absolute atomic E-state index is 12.8. The van der Waals surface area contributed by atoms with Crippen molar-refractivity contribution in [3.05, 3.63) is 83.7 Å². The van der Waals surface area contributed by atoms with Crippen LogP contribution in [0.15, 0.2) is 67.0 Å². The number of carbonyl (C=O) groups is 2. The normalized spacial score (nSPS) is 12.4. The van der Waals surface area contributed by atoms with Gasteiger partial charge in [0.05, 0.1) is 12.7 Å². The van der Waals surface area contributed by atoms with Gasteiger partial charge in [0, 0.05) is 35.9 Å². The van der Waals surface area contributed by atoms with E-state index < -0.39 is 0 Å². The molecule has 2 aromatic carbocycles. The lowest BCUT2D eigenvalue weighted by molar-refractivity contribution is 0.0987. The van der Waals surface area contributed by atoms with Gasteiger partial charge in [0.25, 0.3) is 11.8 Å². The zero-order chi connectivity index (χ0) is 19.5. The Balaban J connectivity index is 1.59. The van der Waals surface area contributed by atoms with E-state index in [9.17, 15) is 9.59 Å². The van der Waals surface area contributed by atoms with Crippen molar-refractivity contribution in [2.24, 2.45) is 0 Å². The molecule has 4 rings (SSSR count). The standard InChI is InChI=1S/C22H19N3O3/c1-28-20-5-3-2-4-18(20)21(26)24-17-7-6-15-10-13-25(19(15)14-17)22(27)16-8-11-23-12-9-16/h2-9,11-12,14H,10,13H2,1H3,(H,24,26). The molecule has 0 fully saturated rings. The molecule has 0 atom stereocenters. The van der Waals surface area contributed by atoms with E-state index in [1.165, 1.54) is 7.11 Å².